The molecule has 0 N–H and O–H groups in total. The van der Waals surface area contributed by atoms with Gasteiger partial charge in [0.15, 0.2) is 0 Å². The highest BCUT2D eigenvalue weighted by molar-refractivity contribution is 5.20. The first-order valence-electron chi connectivity index (χ1n) is 8.24. The molecule has 5 nitrogen and oxygen atoms in total. The Morgan fingerprint density at radius 1 is 1.22 bits per heavy atom. The highest BCUT2D eigenvalue weighted by Gasteiger charge is 2.41. The zero-order valence-electron chi connectivity index (χ0n) is 14.3. The third-order valence-electron chi connectivity index (χ3n) is 4.58. The minimum Gasteiger partial charge on any atom is -0.362 e. The zero-order valence-corrected chi connectivity index (χ0v) is 14.3. The average molecular weight is 314 g/mol. The zero-order chi connectivity index (χ0) is 16.3. The maximum atomic E-state index is 6.76. The number of rotatable bonds is 5. The SMILES string of the molecule is CN1CCC(OC(C)(C)Cn2ccnc2)(c2cccnc2)CC1. The molecule has 2 aromatic rings. The highest BCUT2D eigenvalue weighted by atomic mass is 16.5. The maximum Gasteiger partial charge on any atom is 0.0978 e. The van der Waals surface area contributed by atoms with Gasteiger partial charge in [0.2, 0.25) is 0 Å². The van der Waals surface area contributed by atoms with E-state index in [-0.39, 0.29) is 11.2 Å². The lowest BCUT2D eigenvalue weighted by molar-refractivity contribution is -0.173. The molecule has 1 saturated heterocycles. The summed E-state index contributed by atoms with van der Waals surface area (Å²) in [5.41, 5.74) is 0.643. The van der Waals surface area contributed by atoms with Gasteiger partial charge in [-0.2, -0.15) is 0 Å². The summed E-state index contributed by atoms with van der Waals surface area (Å²) in [4.78, 5) is 10.8. The Hall–Kier alpha value is -1.72. The van der Waals surface area contributed by atoms with E-state index in [0.717, 1.165) is 32.5 Å². The van der Waals surface area contributed by atoms with Gasteiger partial charge in [-0.1, -0.05) is 6.07 Å². The average Bonchev–Trinajstić information content (AvgIpc) is 3.02. The van der Waals surface area contributed by atoms with E-state index < -0.39 is 0 Å². The van der Waals surface area contributed by atoms with E-state index in [0.29, 0.717) is 0 Å². The number of piperidine rings is 1. The summed E-state index contributed by atoms with van der Waals surface area (Å²) in [5, 5.41) is 0. The molecular formula is C18H26N4O. The van der Waals surface area contributed by atoms with Crippen LogP contribution in [0.2, 0.25) is 0 Å². The van der Waals surface area contributed by atoms with Crippen molar-refractivity contribution in [3.63, 3.8) is 0 Å². The van der Waals surface area contributed by atoms with Crippen LogP contribution in [0.15, 0.2) is 43.2 Å². The predicted octanol–water partition coefficient (Wildman–Crippen LogP) is 2.69. The van der Waals surface area contributed by atoms with Crippen LogP contribution >= 0.6 is 0 Å². The van der Waals surface area contributed by atoms with Crippen molar-refractivity contribution < 1.29 is 4.74 Å². The van der Waals surface area contributed by atoms with Gasteiger partial charge >= 0.3 is 0 Å². The highest BCUT2D eigenvalue weighted by Crippen LogP contribution is 2.39. The van der Waals surface area contributed by atoms with Crippen molar-refractivity contribution >= 4 is 0 Å². The first-order valence-corrected chi connectivity index (χ1v) is 8.24. The molecule has 0 aliphatic carbocycles. The van der Waals surface area contributed by atoms with E-state index in [9.17, 15) is 0 Å². The van der Waals surface area contributed by atoms with Gasteiger partial charge in [0.25, 0.3) is 0 Å². The van der Waals surface area contributed by atoms with Crippen molar-refractivity contribution in [2.75, 3.05) is 20.1 Å². The molecule has 5 heteroatoms. The quantitative estimate of drug-likeness (QED) is 0.851. The van der Waals surface area contributed by atoms with Gasteiger partial charge in [-0.05, 0) is 39.8 Å². The van der Waals surface area contributed by atoms with Crippen LogP contribution in [0.5, 0.6) is 0 Å². The van der Waals surface area contributed by atoms with Gasteiger partial charge in [0.1, 0.15) is 0 Å². The molecule has 0 radical (unpaired) electrons. The number of hydrogen-bond donors (Lipinski definition) is 0. The molecule has 0 spiro atoms. The van der Waals surface area contributed by atoms with Crippen LogP contribution in [0.4, 0.5) is 0 Å². The predicted molar refractivity (Wildman–Crippen MR) is 90.0 cm³/mol. The van der Waals surface area contributed by atoms with E-state index in [1.807, 2.05) is 37.2 Å². The lowest BCUT2D eigenvalue weighted by atomic mass is 9.84. The third kappa shape index (κ3) is 3.79. The fourth-order valence-electron chi connectivity index (χ4n) is 3.44. The molecule has 0 amide bonds. The Morgan fingerprint density at radius 3 is 2.61 bits per heavy atom. The van der Waals surface area contributed by atoms with Gasteiger partial charge in [0, 0.05) is 43.4 Å². The topological polar surface area (TPSA) is 43.2 Å². The minimum absolute atomic E-state index is 0.259. The van der Waals surface area contributed by atoms with Crippen molar-refractivity contribution in [2.45, 2.75) is 44.4 Å². The fourth-order valence-corrected chi connectivity index (χ4v) is 3.44. The van der Waals surface area contributed by atoms with E-state index >= 15 is 0 Å². The summed E-state index contributed by atoms with van der Waals surface area (Å²) < 4.78 is 8.83. The number of pyridine rings is 1. The molecule has 2 aromatic heterocycles. The number of ether oxygens (including phenoxy) is 1. The Kier molecular flexibility index (Phi) is 4.50. The number of likely N-dealkylation sites (tertiary alicyclic amines) is 1. The molecule has 1 aliphatic rings. The fraction of sp³-hybridized carbons (Fsp3) is 0.556. The maximum absolute atomic E-state index is 6.76. The molecule has 0 aromatic carbocycles. The summed E-state index contributed by atoms with van der Waals surface area (Å²) in [6, 6.07) is 4.15. The summed E-state index contributed by atoms with van der Waals surface area (Å²) in [6.07, 6.45) is 11.4. The molecule has 0 atom stereocenters. The summed E-state index contributed by atoms with van der Waals surface area (Å²) in [7, 11) is 2.17. The first kappa shape index (κ1) is 16.1. The van der Waals surface area contributed by atoms with Crippen LogP contribution in [0.1, 0.15) is 32.3 Å². The molecule has 3 rings (SSSR count). The van der Waals surface area contributed by atoms with Crippen LogP contribution in [-0.4, -0.2) is 45.2 Å². The Bertz CT molecular complexity index is 601. The first-order chi connectivity index (χ1) is 11.0. The molecule has 3 heterocycles. The van der Waals surface area contributed by atoms with Crippen molar-refractivity contribution in [1.29, 1.82) is 0 Å². The Balaban J connectivity index is 1.84. The van der Waals surface area contributed by atoms with Crippen molar-refractivity contribution in [2.24, 2.45) is 0 Å². The molecule has 0 unspecified atom stereocenters. The smallest absolute Gasteiger partial charge is 0.0978 e. The molecular weight excluding hydrogens is 288 g/mol. The van der Waals surface area contributed by atoms with E-state index in [4.69, 9.17) is 4.74 Å². The standard InChI is InChI=1S/C18H26N4O/c1-17(2,14-22-12-9-20-15-22)23-18(6-10-21(3)11-7-18)16-5-4-8-19-13-16/h4-5,8-9,12-13,15H,6-7,10-11,14H2,1-3H3. The van der Waals surface area contributed by atoms with Gasteiger partial charge < -0.3 is 14.2 Å². The number of hydrogen-bond acceptors (Lipinski definition) is 4. The molecule has 23 heavy (non-hydrogen) atoms. The van der Waals surface area contributed by atoms with Gasteiger partial charge in [-0.25, -0.2) is 4.98 Å². The number of imidazole rings is 1. The van der Waals surface area contributed by atoms with E-state index in [1.54, 1.807) is 0 Å². The lowest BCUT2D eigenvalue weighted by Gasteiger charge is -2.45. The van der Waals surface area contributed by atoms with Crippen LogP contribution in [0.3, 0.4) is 0 Å². The third-order valence-corrected chi connectivity index (χ3v) is 4.58. The van der Waals surface area contributed by atoms with Gasteiger partial charge in [0.05, 0.1) is 24.1 Å². The normalized spacial score (nSPS) is 18.9. The molecule has 0 saturated carbocycles. The molecule has 1 fully saturated rings. The summed E-state index contributed by atoms with van der Waals surface area (Å²) in [5.74, 6) is 0. The number of nitrogens with zero attached hydrogens (tertiary/aromatic N) is 4. The number of aromatic nitrogens is 3. The van der Waals surface area contributed by atoms with E-state index in [2.05, 4.69) is 46.4 Å². The van der Waals surface area contributed by atoms with E-state index in [1.165, 1.54) is 5.56 Å². The second-order valence-electron chi connectivity index (χ2n) is 7.14. The van der Waals surface area contributed by atoms with Crippen LogP contribution in [0.25, 0.3) is 0 Å². The minimum atomic E-state index is -0.285. The molecule has 0 bridgehead atoms. The van der Waals surface area contributed by atoms with Crippen LogP contribution in [-0.2, 0) is 16.9 Å². The Morgan fingerprint density at radius 2 is 2.00 bits per heavy atom. The summed E-state index contributed by atoms with van der Waals surface area (Å²) in [6.45, 7) is 7.17. The second kappa shape index (κ2) is 6.42. The van der Waals surface area contributed by atoms with Crippen LogP contribution < -0.4 is 0 Å². The lowest BCUT2D eigenvalue weighted by Crippen LogP contribution is -2.48. The van der Waals surface area contributed by atoms with Gasteiger partial charge in [-0.3, -0.25) is 4.98 Å². The summed E-state index contributed by atoms with van der Waals surface area (Å²) >= 11 is 0. The van der Waals surface area contributed by atoms with Crippen molar-refractivity contribution in [1.82, 2.24) is 19.4 Å². The van der Waals surface area contributed by atoms with Crippen molar-refractivity contribution in [3.8, 4) is 0 Å². The second-order valence-corrected chi connectivity index (χ2v) is 7.14. The Labute approximate surface area is 138 Å². The molecule has 1 aliphatic heterocycles. The monoisotopic (exact) mass is 314 g/mol. The van der Waals surface area contributed by atoms with Gasteiger partial charge in [-0.15, -0.1) is 0 Å². The van der Waals surface area contributed by atoms with Crippen molar-refractivity contribution in [3.05, 3.63) is 48.8 Å². The van der Waals surface area contributed by atoms with Crippen LogP contribution in [0, 0.1) is 0 Å². The molecule has 124 valence electrons. The largest absolute Gasteiger partial charge is 0.362 e.